The van der Waals surface area contributed by atoms with E-state index in [-0.39, 0.29) is 18.6 Å². The van der Waals surface area contributed by atoms with Crippen molar-refractivity contribution >= 4 is 17.3 Å². The Morgan fingerprint density at radius 2 is 1.75 bits per heavy atom. The number of para-hydroxylation sites is 2. The number of nitrogens with zero attached hydrogens (tertiary/aromatic N) is 2. The first-order valence-corrected chi connectivity index (χ1v) is 11.1. The van der Waals surface area contributed by atoms with Crippen LogP contribution in [0.5, 0.6) is 5.75 Å². The number of ether oxygens (including phenoxy) is 1. The Balaban J connectivity index is 1.48. The second-order valence-corrected chi connectivity index (χ2v) is 8.43. The van der Waals surface area contributed by atoms with Crippen LogP contribution < -0.4 is 19.9 Å². The summed E-state index contributed by atoms with van der Waals surface area (Å²) in [7, 11) is 4.08. The van der Waals surface area contributed by atoms with E-state index in [0.29, 0.717) is 6.54 Å². The third-order valence-corrected chi connectivity index (χ3v) is 6.04. The number of hydrogen-bond donors (Lipinski definition) is 1. The molecule has 0 spiro atoms. The van der Waals surface area contributed by atoms with Crippen LogP contribution in [0, 0.1) is 6.92 Å². The third-order valence-electron chi connectivity index (χ3n) is 6.04. The number of fused-ring (bicyclic) bond motifs is 1. The first-order chi connectivity index (χ1) is 15.5. The molecule has 1 aliphatic rings. The van der Waals surface area contributed by atoms with Crippen molar-refractivity contribution in [2.75, 3.05) is 43.6 Å². The van der Waals surface area contributed by atoms with Crippen molar-refractivity contribution in [1.29, 1.82) is 0 Å². The Morgan fingerprint density at radius 1 is 1.03 bits per heavy atom. The summed E-state index contributed by atoms with van der Waals surface area (Å²) in [6, 6.07) is 24.9. The molecule has 1 aliphatic heterocycles. The van der Waals surface area contributed by atoms with Crippen molar-refractivity contribution in [3.05, 3.63) is 89.5 Å². The molecule has 1 heterocycles. The van der Waals surface area contributed by atoms with Gasteiger partial charge < -0.3 is 19.9 Å². The third kappa shape index (κ3) is 4.88. The summed E-state index contributed by atoms with van der Waals surface area (Å²) in [6.45, 7) is 3.44. The van der Waals surface area contributed by atoms with Crippen LogP contribution in [0.3, 0.4) is 0 Å². The Bertz CT molecular complexity index is 1060. The van der Waals surface area contributed by atoms with Crippen molar-refractivity contribution in [2.45, 2.75) is 19.4 Å². The predicted octanol–water partition coefficient (Wildman–Crippen LogP) is 4.36. The van der Waals surface area contributed by atoms with E-state index in [1.54, 1.807) is 0 Å². The molecule has 0 radical (unpaired) electrons. The standard InChI is InChI=1S/C27H31N3O2/c1-20-8-4-7-11-26(20)32-19-27(31)28-18-25(22-12-14-23(15-13-22)29(2)3)30-17-16-21-9-5-6-10-24(21)30/h4-15,25H,16-19H2,1-3H3,(H,28,31)/t25-/m0/s1. The van der Waals surface area contributed by atoms with Gasteiger partial charge in [0.05, 0.1) is 6.04 Å². The molecule has 0 unspecified atom stereocenters. The van der Waals surface area contributed by atoms with Crippen LogP contribution in [0.15, 0.2) is 72.8 Å². The molecule has 166 valence electrons. The molecule has 0 aromatic heterocycles. The maximum atomic E-state index is 12.6. The normalized spacial score (nSPS) is 13.4. The molecule has 0 saturated carbocycles. The first kappa shape index (κ1) is 21.8. The molecular formula is C27H31N3O2. The molecular weight excluding hydrogens is 398 g/mol. The monoisotopic (exact) mass is 429 g/mol. The van der Waals surface area contributed by atoms with Gasteiger partial charge in [-0.15, -0.1) is 0 Å². The largest absolute Gasteiger partial charge is 0.484 e. The van der Waals surface area contributed by atoms with Crippen molar-refractivity contribution in [3.8, 4) is 5.75 Å². The number of rotatable bonds is 8. The Hall–Kier alpha value is -3.47. The molecule has 0 aliphatic carbocycles. The number of carbonyl (C=O) groups is 1. The molecule has 3 aromatic rings. The quantitative estimate of drug-likeness (QED) is 0.578. The lowest BCUT2D eigenvalue weighted by molar-refractivity contribution is -0.123. The lowest BCUT2D eigenvalue weighted by atomic mass is 10.0. The summed E-state index contributed by atoms with van der Waals surface area (Å²) in [5.74, 6) is 0.627. The molecule has 5 nitrogen and oxygen atoms in total. The number of anilines is 2. The number of benzene rings is 3. The fraction of sp³-hybridized carbons (Fsp3) is 0.296. The van der Waals surface area contributed by atoms with Gasteiger partial charge in [-0.2, -0.15) is 0 Å². The lowest BCUT2D eigenvalue weighted by Gasteiger charge is -2.31. The summed E-state index contributed by atoms with van der Waals surface area (Å²) >= 11 is 0. The Labute approximate surface area is 190 Å². The van der Waals surface area contributed by atoms with E-state index >= 15 is 0 Å². The number of carbonyl (C=O) groups excluding carboxylic acids is 1. The molecule has 1 N–H and O–H groups in total. The van der Waals surface area contributed by atoms with E-state index in [1.807, 2.05) is 45.3 Å². The molecule has 0 saturated heterocycles. The van der Waals surface area contributed by atoms with Crippen molar-refractivity contribution in [2.24, 2.45) is 0 Å². The molecule has 5 heteroatoms. The van der Waals surface area contributed by atoms with Crippen LogP contribution in [0.1, 0.15) is 22.7 Å². The molecule has 0 bridgehead atoms. The summed E-state index contributed by atoms with van der Waals surface area (Å²) in [5, 5.41) is 3.10. The molecule has 4 rings (SSSR count). The topological polar surface area (TPSA) is 44.8 Å². The maximum Gasteiger partial charge on any atom is 0.258 e. The van der Waals surface area contributed by atoms with E-state index in [2.05, 4.69) is 63.6 Å². The molecule has 3 aromatic carbocycles. The second-order valence-electron chi connectivity index (χ2n) is 8.43. The van der Waals surface area contributed by atoms with Crippen molar-refractivity contribution in [3.63, 3.8) is 0 Å². The summed E-state index contributed by atoms with van der Waals surface area (Å²) in [6.07, 6.45) is 1.02. The van der Waals surface area contributed by atoms with Crippen LogP contribution in [0.4, 0.5) is 11.4 Å². The van der Waals surface area contributed by atoms with Crippen LogP contribution >= 0.6 is 0 Å². The van der Waals surface area contributed by atoms with Gasteiger partial charge in [0, 0.05) is 38.6 Å². The van der Waals surface area contributed by atoms with Gasteiger partial charge in [-0.3, -0.25) is 4.79 Å². The van der Waals surface area contributed by atoms with Crippen molar-refractivity contribution in [1.82, 2.24) is 5.32 Å². The minimum atomic E-state index is -0.115. The van der Waals surface area contributed by atoms with Crippen LogP contribution in [0.2, 0.25) is 0 Å². The van der Waals surface area contributed by atoms with E-state index < -0.39 is 0 Å². The molecule has 1 atom stereocenters. The lowest BCUT2D eigenvalue weighted by Crippen LogP contribution is -2.39. The number of aryl methyl sites for hydroxylation is 1. The highest BCUT2D eigenvalue weighted by atomic mass is 16.5. The zero-order valence-electron chi connectivity index (χ0n) is 19.0. The highest BCUT2D eigenvalue weighted by Crippen LogP contribution is 2.35. The molecule has 1 amide bonds. The highest BCUT2D eigenvalue weighted by molar-refractivity contribution is 5.77. The van der Waals surface area contributed by atoms with E-state index in [4.69, 9.17) is 4.74 Å². The zero-order valence-corrected chi connectivity index (χ0v) is 19.0. The molecule has 32 heavy (non-hydrogen) atoms. The fourth-order valence-electron chi connectivity index (χ4n) is 4.21. The summed E-state index contributed by atoms with van der Waals surface area (Å²) in [5.41, 5.74) is 5.97. The smallest absolute Gasteiger partial charge is 0.258 e. The Morgan fingerprint density at radius 3 is 2.50 bits per heavy atom. The maximum absolute atomic E-state index is 12.6. The highest BCUT2D eigenvalue weighted by Gasteiger charge is 2.27. The van der Waals surface area contributed by atoms with Gasteiger partial charge in [-0.05, 0) is 54.3 Å². The molecule has 0 fully saturated rings. The first-order valence-electron chi connectivity index (χ1n) is 11.1. The number of hydrogen-bond acceptors (Lipinski definition) is 4. The van der Waals surface area contributed by atoms with E-state index in [0.717, 1.165) is 30.0 Å². The second kappa shape index (κ2) is 9.77. The minimum absolute atomic E-state index is 0.00767. The zero-order chi connectivity index (χ0) is 22.5. The van der Waals surface area contributed by atoms with Gasteiger partial charge in [0.1, 0.15) is 5.75 Å². The van der Waals surface area contributed by atoms with Gasteiger partial charge in [-0.1, -0.05) is 48.5 Å². The van der Waals surface area contributed by atoms with Gasteiger partial charge in [0.2, 0.25) is 0 Å². The Kier molecular flexibility index (Phi) is 6.64. The van der Waals surface area contributed by atoms with Gasteiger partial charge in [0.25, 0.3) is 5.91 Å². The van der Waals surface area contributed by atoms with Crippen LogP contribution in [0.25, 0.3) is 0 Å². The number of amides is 1. The minimum Gasteiger partial charge on any atom is -0.484 e. The van der Waals surface area contributed by atoms with E-state index in [1.165, 1.54) is 16.8 Å². The summed E-state index contributed by atoms with van der Waals surface area (Å²) < 4.78 is 5.73. The van der Waals surface area contributed by atoms with Gasteiger partial charge in [-0.25, -0.2) is 0 Å². The van der Waals surface area contributed by atoms with Gasteiger partial charge in [0.15, 0.2) is 6.61 Å². The summed E-state index contributed by atoms with van der Waals surface area (Å²) in [4.78, 5) is 17.1. The predicted molar refractivity (Wildman–Crippen MR) is 131 cm³/mol. The van der Waals surface area contributed by atoms with Crippen LogP contribution in [-0.4, -0.2) is 39.7 Å². The fourth-order valence-corrected chi connectivity index (χ4v) is 4.21. The van der Waals surface area contributed by atoms with Crippen LogP contribution in [-0.2, 0) is 11.2 Å². The van der Waals surface area contributed by atoms with Gasteiger partial charge >= 0.3 is 0 Å². The SMILES string of the molecule is Cc1ccccc1OCC(=O)NC[C@@H](c1ccc(N(C)C)cc1)N1CCc2ccccc21. The van der Waals surface area contributed by atoms with Crippen molar-refractivity contribution < 1.29 is 9.53 Å². The van der Waals surface area contributed by atoms with E-state index in [9.17, 15) is 4.79 Å². The number of nitrogens with one attached hydrogen (secondary N) is 1. The average molecular weight is 430 g/mol. The average Bonchev–Trinajstić information content (AvgIpc) is 3.23.